The lowest BCUT2D eigenvalue weighted by atomic mass is 10.0. The van der Waals surface area contributed by atoms with Crippen LogP contribution in [0.25, 0.3) is 0 Å². The summed E-state index contributed by atoms with van der Waals surface area (Å²) in [6.07, 6.45) is 2.95. The molecule has 18 heavy (non-hydrogen) atoms. The van der Waals surface area contributed by atoms with E-state index < -0.39 is 0 Å². The van der Waals surface area contributed by atoms with Crippen molar-refractivity contribution in [1.29, 1.82) is 0 Å². The molecule has 1 atom stereocenters. The lowest BCUT2D eigenvalue weighted by molar-refractivity contribution is -0.145. The summed E-state index contributed by atoms with van der Waals surface area (Å²) in [4.78, 5) is 12.0. The van der Waals surface area contributed by atoms with Crippen molar-refractivity contribution in [3.63, 3.8) is 0 Å². The number of methoxy groups -OCH3 is 1. The van der Waals surface area contributed by atoms with Crippen molar-refractivity contribution in [3.05, 3.63) is 10.6 Å². The summed E-state index contributed by atoms with van der Waals surface area (Å²) in [5.41, 5.74) is 0. The second kappa shape index (κ2) is 5.22. The van der Waals surface area contributed by atoms with Gasteiger partial charge in [0.25, 0.3) is 0 Å². The van der Waals surface area contributed by atoms with E-state index in [9.17, 15) is 4.79 Å². The zero-order valence-corrected chi connectivity index (χ0v) is 11.8. The average Bonchev–Trinajstić information content (AvgIpc) is 3.09. The molecule has 1 aliphatic carbocycles. The summed E-state index contributed by atoms with van der Waals surface area (Å²) in [6, 6.07) is -0.364. The summed E-state index contributed by atoms with van der Waals surface area (Å²) in [6.45, 7) is 4.16. The normalized spacial score (nSPS) is 16.9. The number of ether oxygens (including phenoxy) is 1. The fraction of sp³-hybridized carbons (Fsp3) is 0.750. The molecule has 2 rings (SSSR count). The number of carbonyl (C=O) groups excluding carboxylic acids is 1. The van der Waals surface area contributed by atoms with E-state index in [-0.39, 0.29) is 12.0 Å². The molecular weight excluding hydrogens is 250 g/mol. The molecule has 6 heteroatoms. The maximum Gasteiger partial charge on any atom is 0.329 e. The Balaban J connectivity index is 2.37. The molecule has 5 nitrogen and oxygen atoms in total. The predicted octanol–water partition coefficient (Wildman–Crippen LogP) is 2.58. The van der Waals surface area contributed by atoms with Gasteiger partial charge in [0.1, 0.15) is 11.9 Å². The molecular formula is C12H19N3O2S. The number of rotatable bonds is 5. The van der Waals surface area contributed by atoms with Crippen LogP contribution in [-0.4, -0.2) is 27.8 Å². The summed E-state index contributed by atoms with van der Waals surface area (Å²) < 4.78 is 7.25. The molecule has 1 heterocycles. The molecule has 1 N–H and O–H groups in total. The molecule has 0 saturated heterocycles. The minimum Gasteiger partial charge on any atom is -0.467 e. The van der Waals surface area contributed by atoms with Crippen molar-refractivity contribution in [3.8, 4) is 0 Å². The third kappa shape index (κ3) is 2.63. The summed E-state index contributed by atoms with van der Waals surface area (Å²) in [7, 11) is 1.41. The van der Waals surface area contributed by atoms with Crippen LogP contribution in [0.1, 0.15) is 50.9 Å². The van der Waals surface area contributed by atoms with Gasteiger partial charge in [0.15, 0.2) is 4.77 Å². The van der Waals surface area contributed by atoms with Gasteiger partial charge in [0.05, 0.1) is 7.11 Å². The first-order valence-electron chi connectivity index (χ1n) is 6.29. The number of hydrogen-bond acceptors (Lipinski definition) is 4. The van der Waals surface area contributed by atoms with Crippen LogP contribution in [-0.2, 0) is 9.53 Å². The summed E-state index contributed by atoms with van der Waals surface area (Å²) in [5, 5.41) is 7.06. The van der Waals surface area contributed by atoms with E-state index in [4.69, 9.17) is 17.0 Å². The maximum atomic E-state index is 12.0. The highest BCUT2D eigenvalue weighted by molar-refractivity contribution is 7.71. The van der Waals surface area contributed by atoms with E-state index in [1.54, 1.807) is 0 Å². The van der Waals surface area contributed by atoms with E-state index in [1.165, 1.54) is 7.11 Å². The Labute approximate surface area is 112 Å². The quantitative estimate of drug-likeness (QED) is 0.659. The second-order valence-electron chi connectivity index (χ2n) is 5.20. The second-order valence-corrected chi connectivity index (χ2v) is 5.59. The molecule has 0 aromatic carbocycles. The number of hydrogen-bond donors (Lipinski definition) is 1. The van der Waals surface area contributed by atoms with Crippen LogP contribution in [0, 0.1) is 10.7 Å². The van der Waals surface area contributed by atoms with Gasteiger partial charge in [0.2, 0.25) is 0 Å². The number of nitrogens with zero attached hydrogens (tertiary/aromatic N) is 2. The Morgan fingerprint density at radius 1 is 1.61 bits per heavy atom. The van der Waals surface area contributed by atoms with Crippen molar-refractivity contribution in [1.82, 2.24) is 14.8 Å². The van der Waals surface area contributed by atoms with Gasteiger partial charge < -0.3 is 4.74 Å². The first kappa shape index (κ1) is 13.3. The van der Waals surface area contributed by atoms with Crippen LogP contribution in [0.2, 0.25) is 0 Å². The van der Waals surface area contributed by atoms with Gasteiger partial charge in [-0.15, -0.1) is 0 Å². The monoisotopic (exact) mass is 269 g/mol. The zero-order valence-electron chi connectivity index (χ0n) is 11.0. The summed E-state index contributed by atoms with van der Waals surface area (Å²) >= 11 is 5.25. The highest BCUT2D eigenvalue weighted by atomic mass is 32.1. The van der Waals surface area contributed by atoms with Crippen LogP contribution < -0.4 is 0 Å². The van der Waals surface area contributed by atoms with Crippen molar-refractivity contribution in [2.24, 2.45) is 5.92 Å². The van der Waals surface area contributed by atoms with Crippen molar-refractivity contribution in [2.75, 3.05) is 7.11 Å². The fourth-order valence-electron chi connectivity index (χ4n) is 2.14. The number of aromatic amines is 1. The molecule has 1 aliphatic rings. The maximum absolute atomic E-state index is 12.0. The molecule has 1 aromatic rings. The lowest BCUT2D eigenvalue weighted by Crippen LogP contribution is -2.24. The van der Waals surface area contributed by atoms with E-state index in [0.717, 1.165) is 18.7 Å². The molecule has 0 radical (unpaired) electrons. The van der Waals surface area contributed by atoms with Gasteiger partial charge in [-0.1, -0.05) is 13.8 Å². The molecule has 1 saturated carbocycles. The van der Waals surface area contributed by atoms with Crippen molar-refractivity contribution < 1.29 is 9.53 Å². The van der Waals surface area contributed by atoms with Gasteiger partial charge in [0, 0.05) is 5.92 Å². The van der Waals surface area contributed by atoms with E-state index in [2.05, 4.69) is 24.0 Å². The Bertz CT molecular complexity index is 488. The zero-order chi connectivity index (χ0) is 13.3. The van der Waals surface area contributed by atoms with Crippen molar-refractivity contribution >= 4 is 18.2 Å². The Hall–Kier alpha value is -1.17. The third-order valence-corrected chi connectivity index (χ3v) is 3.44. The molecule has 1 aromatic heterocycles. The molecule has 100 valence electrons. The molecule has 0 bridgehead atoms. The molecule has 1 fully saturated rings. The average molecular weight is 269 g/mol. The number of H-pyrrole nitrogens is 1. The SMILES string of the molecule is COC(=O)C(CC(C)C)n1c(C2CC2)n[nH]c1=S. The van der Waals surface area contributed by atoms with Crippen LogP contribution in [0.15, 0.2) is 0 Å². The van der Waals surface area contributed by atoms with Gasteiger partial charge in [-0.3, -0.25) is 9.67 Å². The Morgan fingerprint density at radius 3 is 2.78 bits per heavy atom. The Morgan fingerprint density at radius 2 is 2.28 bits per heavy atom. The predicted molar refractivity (Wildman–Crippen MR) is 69.9 cm³/mol. The van der Waals surface area contributed by atoms with Crippen LogP contribution in [0.4, 0.5) is 0 Å². The van der Waals surface area contributed by atoms with Gasteiger partial charge in [-0.2, -0.15) is 5.10 Å². The molecule has 1 unspecified atom stereocenters. The van der Waals surface area contributed by atoms with Crippen molar-refractivity contribution in [2.45, 2.75) is 45.1 Å². The van der Waals surface area contributed by atoms with Crippen LogP contribution in [0.5, 0.6) is 0 Å². The molecule has 0 spiro atoms. The highest BCUT2D eigenvalue weighted by Gasteiger charge is 2.34. The molecule has 0 aliphatic heterocycles. The number of nitrogens with one attached hydrogen (secondary N) is 1. The summed E-state index contributed by atoms with van der Waals surface area (Å²) in [5.74, 6) is 1.48. The first-order chi connectivity index (χ1) is 8.54. The van der Waals surface area contributed by atoms with Gasteiger partial charge in [-0.25, -0.2) is 4.79 Å². The number of esters is 1. The third-order valence-electron chi connectivity index (χ3n) is 3.15. The van der Waals surface area contributed by atoms with Gasteiger partial charge >= 0.3 is 5.97 Å². The first-order valence-corrected chi connectivity index (χ1v) is 6.70. The number of aromatic nitrogens is 3. The lowest BCUT2D eigenvalue weighted by Gasteiger charge is -2.19. The Kier molecular flexibility index (Phi) is 3.85. The smallest absolute Gasteiger partial charge is 0.329 e. The molecule has 0 amide bonds. The van der Waals surface area contributed by atoms with E-state index in [0.29, 0.717) is 23.0 Å². The fourth-order valence-corrected chi connectivity index (χ4v) is 2.40. The van der Waals surface area contributed by atoms with Crippen LogP contribution >= 0.6 is 12.2 Å². The van der Waals surface area contributed by atoms with E-state index in [1.807, 2.05) is 4.57 Å². The van der Waals surface area contributed by atoms with Crippen LogP contribution in [0.3, 0.4) is 0 Å². The van der Waals surface area contributed by atoms with Gasteiger partial charge in [-0.05, 0) is 37.4 Å². The minimum atomic E-state index is -0.364. The standard InChI is InChI=1S/C12H19N3O2S/c1-7(2)6-9(11(16)17-3)15-10(8-4-5-8)13-14-12(15)18/h7-9H,4-6H2,1-3H3,(H,14,18). The highest BCUT2D eigenvalue weighted by Crippen LogP contribution is 2.40. The largest absolute Gasteiger partial charge is 0.467 e. The van der Waals surface area contributed by atoms with E-state index >= 15 is 0 Å². The topological polar surface area (TPSA) is 59.9 Å². The minimum absolute atomic E-state index is 0.247. The number of carbonyl (C=O) groups is 1.